The van der Waals surface area contributed by atoms with E-state index in [2.05, 4.69) is 5.32 Å². The maximum atomic E-state index is 11.7. The molecule has 4 N–H and O–H groups in total. The van der Waals surface area contributed by atoms with Crippen molar-refractivity contribution in [3.05, 3.63) is 24.3 Å². The number of anilines is 2. The van der Waals surface area contributed by atoms with Crippen LogP contribution in [0.3, 0.4) is 0 Å². The Morgan fingerprint density at radius 3 is 2.59 bits per heavy atom. The van der Waals surface area contributed by atoms with Crippen LogP contribution in [0, 0.1) is 0 Å². The highest BCUT2D eigenvalue weighted by Gasteiger charge is 2.11. The lowest BCUT2D eigenvalue weighted by atomic mass is 10.3. The van der Waals surface area contributed by atoms with Crippen LogP contribution in [0.1, 0.15) is 6.92 Å². The summed E-state index contributed by atoms with van der Waals surface area (Å²) in [5.41, 5.74) is 6.93. The van der Waals surface area contributed by atoms with E-state index < -0.39 is 0 Å². The molecule has 0 aliphatic rings. The standard InChI is InChI=1S/C12H19N3O2/c1-9(8-16)15(2)7-12(17)14-11-5-3-10(13)4-6-11/h3-6,9,16H,7-8,13H2,1-2H3,(H,14,17). The molecule has 94 valence electrons. The molecule has 17 heavy (non-hydrogen) atoms. The number of nitrogens with zero attached hydrogens (tertiary/aromatic N) is 1. The zero-order valence-electron chi connectivity index (χ0n) is 10.2. The maximum absolute atomic E-state index is 11.7. The SMILES string of the molecule is CC(CO)N(C)CC(=O)Nc1ccc(N)cc1. The van der Waals surface area contributed by atoms with Crippen LogP contribution < -0.4 is 11.1 Å². The highest BCUT2D eigenvalue weighted by atomic mass is 16.3. The molecule has 5 heteroatoms. The number of nitrogens with one attached hydrogen (secondary N) is 1. The van der Waals surface area contributed by atoms with Gasteiger partial charge in [0.15, 0.2) is 0 Å². The Labute approximate surface area is 101 Å². The van der Waals surface area contributed by atoms with E-state index >= 15 is 0 Å². The van der Waals surface area contributed by atoms with E-state index in [0.717, 1.165) is 0 Å². The molecule has 1 unspecified atom stereocenters. The minimum absolute atomic E-state index is 0.0334. The Balaban J connectivity index is 2.47. The number of benzene rings is 1. The van der Waals surface area contributed by atoms with Gasteiger partial charge in [-0.15, -0.1) is 0 Å². The van der Waals surface area contributed by atoms with Crippen LogP contribution in [0.25, 0.3) is 0 Å². The minimum Gasteiger partial charge on any atom is -0.399 e. The van der Waals surface area contributed by atoms with Gasteiger partial charge in [0.2, 0.25) is 5.91 Å². The van der Waals surface area contributed by atoms with Gasteiger partial charge in [0, 0.05) is 17.4 Å². The summed E-state index contributed by atoms with van der Waals surface area (Å²) in [5.74, 6) is -0.113. The van der Waals surface area contributed by atoms with Crippen molar-refractivity contribution in [1.29, 1.82) is 0 Å². The summed E-state index contributed by atoms with van der Waals surface area (Å²) in [5, 5.41) is 11.7. The molecular formula is C12H19N3O2. The van der Waals surface area contributed by atoms with Crippen LogP contribution in [-0.2, 0) is 4.79 Å². The first kappa shape index (κ1) is 13.5. The molecule has 1 rings (SSSR count). The summed E-state index contributed by atoms with van der Waals surface area (Å²) in [4.78, 5) is 13.4. The zero-order chi connectivity index (χ0) is 12.8. The van der Waals surface area contributed by atoms with Gasteiger partial charge in [-0.05, 0) is 38.2 Å². The number of hydrogen-bond acceptors (Lipinski definition) is 4. The van der Waals surface area contributed by atoms with E-state index in [1.54, 1.807) is 36.2 Å². The first-order chi connectivity index (χ1) is 8.02. The number of likely N-dealkylation sites (N-methyl/N-ethyl adjacent to an activating group) is 1. The van der Waals surface area contributed by atoms with Crippen molar-refractivity contribution in [3.63, 3.8) is 0 Å². The van der Waals surface area contributed by atoms with E-state index in [-0.39, 0.29) is 25.1 Å². The molecule has 0 aliphatic heterocycles. The van der Waals surface area contributed by atoms with E-state index in [1.807, 2.05) is 6.92 Å². The van der Waals surface area contributed by atoms with Crippen LogP contribution in [0.15, 0.2) is 24.3 Å². The molecule has 0 aromatic heterocycles. The molecule has 0 radical (unpaired) electrons. The molecule has 0 fully saturated rings. The molecule has 1 amide bonds. The van der Waals surface area contributed by atoms with Gasteiger partial charge >= 0.3 is 0 Å². The second-order valence-electron chi connectivity index (χ2n) is 4.12. The number of nitrogen functional groups attached to an aromatic ring is 1. The molecule has 0 saturated carbocycles. The van der Waals surface area contributed by atoms with Crippen molar-refractivity contribution < 1.29 is 9.90 Å². The van der Waals surface area contributed by atoms with Gasteiger partial charge in [0.25, 0.3) is 0 Å². The molecule has 0 aliphatic carbocycles. The summed E-state index contributed by atoms with van der Waals surface area (Å²) in [6.45, 7) is 2.13. The number of carbonyl (C=O) groups excluding carboxylic acids is 1. The summed E-state index contributed by atoms with van der Waals surface area (Å²) >= 11 is 0. The second-order valence-corrected chi connectivity index (χ2v) is 4.12. The minimum atomic E-state index is -0.113. The number of amides is 1. The molecule has 1 aromatic carbocycles. The summed E-state index contributed by atoms with van der Waals surface area (Å²) < 4.78 is 0. The van der Waals surface area contributed by atoms with Gasteiger partial charge in [0.1, 0.15) is 0 Å². The first-order valence-corrected chi connectivity index (χ1v) is 5.49. The molecule has 1 atom stereocenters. The number of aliphatic hydroxyl groups excluding tert-OH is 1. The van der Waals surface area contributed by atoms with E-state index in [4.69, 9.17) is 10.8 Å². The predicted octanol–water partition coefficient (Wildman–Crippen LogP) is 0.520. The Morgan fingerprint density at radius 2 is 2.06 bits per heavy atom. The highest BCUT2D eigenvalue weighted by molar-refractivity contribution is 5.92. The summed E-state index contributed by atoms with van der Waals surface area (Å²) in [6, 6.07) is 6.93. The van der Waals surface area contributed by atoms with Crippen LogP contribution >= 0.6 is 0 Å². The smallest absolute Gasteiger partial charge is 0.238 e. The van der Waals surface area contributed by atoms with Crippen molar-refractivity contribution in [3.8, 4) is 0 Å². The second kappa shape index (κ2) is 6.22. The fourth-order valence-corrected chi connectivity index (χ4v) is 1.29. The highest BCUT2D eigenvalue weighted by Crippen LogP contribution is 2.10. The first-order valence-electron chi connectivity index (χ1n) is 5.49. The number of rotatable bonds is 5. The Hall–Kier alpha value is -1.59. The zero-order valence-corrected chi connectivity index (χ0v) is 10.2. The molecule has 0 spiro atoms. The Bertz CT molecular complexity index is 365. The fourth-order valence-electron chi connectivity index (χ4n) is 1.29. The molecular weight excluding hydrogens is 218 g/mol. The monoisotopic (exact) mass is 237 g/mol. The summed E-state index contributed by atoms with van der Waals surface area (Å²) in [6.07, 6.45) is 0. The molecule has 5 nitrogen and oxygen atoms in total. The predicted molar refractivity (Wildman–Crippen MR) is 68.7 cm³/mol. The third-order valence-electron chi connectivity index (χ3n) is 2.60. The van der Waals surface area contributed by atoms with Crippen LogP contribution in [0.2, 0.25) is 0 Å². The topological polar surface area (TPSA) is 78.6 Å². The van der Waals surface area contributed by atoms with Crippen LogP contribution in [0.5, 0.6) is 0 Å². The van der Waals surface area contributed by atoms with Crippen molar-refractivity contribution in [2.45, 2.75) is 13.0 Å². The summed E-state index contributed by atoms with van der Waals surface area (Å²) in [7, 11) is 1.80. The lowest BCUT2D eigenvalue weighted by Crippen LogP contribution is -2.38. The van der Waals surface area contributed by atoms with Gasteiger partial charge in [-0.25, -0.2) is 0 Å². The van der Waals surface area contributed by atoms with Crippen molar-refractivity contribution in [1.82, 2.24) is 4.90 Å². The third kappa shape index (κ3) is 4.42. The number of carbonyl (C=O) groups is 1. The molecule has 0 heterocycles. The van der Waals surface area contributed by atoms with Gasteiger partial charge < -0.3 is 16.2 Å². The number of aliphatic hydroxyl groups is 1. The maximum Gasteiger partial charge on any atom is 0.238 e. The Kier molecular flexibility index (Phi) is 4.93. The number of hydrogen-bond donors (Lipinski definition) is 3. The van der Waals surface area contributed by atoms with Crippen molar-refractivity contribution >= 4 is 17.3 Å². The van der Waals surface area contributed by atoms with Gasteiger partial charge in [0.05, 0.1) is 13.2 Å². The third-order valence-corrected chi connectivity index (χ3v) is 2.60. The van der Waals surface area contributed by atoms with E-state index in [9.17, 15) is 4.79 Å². The van der Waals surface area contributed by atoms with Crippen LogP contribution in [0.4, 0.5) is 11.4 Å². The van der Waals surface area contributed by atoms with Crippen molar-refractivity contribution in [2.75, 3.05) is 31.2 Å². The quantitative estimate of drug-likeness (QED) is 0.652. The molecule has 1 aromatic rings. The van der Waals surface area contributed by atoms with Gasteiger partial charge in [-0.3, -0.25) is 9.69 Å². The molecule has 0 saturated heterocycles. The fraction of sp³-hybridized carbons (Fsp3) is 0.417. The van der Waals surface area contributed by atoms with Crippen molar-refractivity contribution in [2.24, 2.45) is 0 Å². The van der Waals surface area contributed by atoms with Gasteiger partial charge in [-0.1, -0.05) is 0 Å². The average Bonchev–Trinajstić information content (AvgIpc) is 2.30. The average molecular weight is 237 g/mol. The lowest BCUT2D eigenvalue weighted by Gasteiger charge is -2.21. The largest absolute Gasteiger partial charge is 0.399 e. The van der Waals surface area contributed by atoms with Crippen LogP contribution in [-0.4, -0.2) is 42.2 Å². The lowest BCUT2D eigenvalue weighted by molar-refractivity contribution is -0.117. The number of nitrogens with two attached hydrogens (primary N) is 1. The molecule has 0 bridgehead atoms. The van der Waals surface area contributed by atoms with E-state index in [1.165, 1.54) is 0 Å². The van der Waals surface area contributed by atoms with Gasteiger partial charge in [-0.2, -0.15) is 0 Å². The normalized spacial score (nSPS) is 12.5. The Morgan fingerprint density at radius 1 is 1.47 bits per heavy atom. The van der Waals surface area contributed by atoms with E-state index in [0.29, 0.717) is 11.4 Å².